The van der Waals surface area contributed by atoms with Crippen molar-refractivity contribution in [3.05, 3.63) is 34.2 Å². The lowest BCUT2D eigenvalue weighted by atomic mass is 10.1. The molecule has 1 aromatic carbocycles. The van der Waals surface area contributed by atoms with E-state index in [9.17, 15) is 4.79 Å². The first kappa shape index (κ1) is 16.8. The second kappa shape index (κ2) is 7.71. The summed E-state index contributed by atoms with van der Waals surface area (Å²) in [5.41, 5.74) is 1.24. The van der Waals surface area contributed by atoms with Crippen LogP contribution < -0.4 is 15.1 Å². The maximum atomic E-state index is 12.0. The predicted molar refractivity (Wildman–Crippen MR) is 93.7 cm³/mol. The second-order valence-electron chi connectivity index (χ2n) is 6.28. The van der Waals surface area contributed by atoms with E-state index >= 15 is 0 Å². The number of benzene rings is 1. The first-order valence-electron chi connectivity index (χ1n) is 8.80. The van der Waals surface area contributed by atoms with Crippen LogP contribution in [0.15, 0.2) is 27.4 Å². The molecule has 1 aliphatic heterocycles. The van der Waals surface area contributed by atoms with Crippen molar-refractivity contribution in [1.82, 2.24) is 4.90 Å². The third-order valence-electron chi connectivity index (χ3n) is 4.37. The van der Waals surface area contributed by atoms with Crippen LogP contribution in [-0.2, 0) is 6.54 Å². The molecule has 5 heteroatoms. The molecule has 0 N–H and O–H groups in total. The fourth-order valence-electron chi connectivity index (χ4n) is 3.02. The lowest BCUT2D eigenvalue weighted by Crippen LogP contribution is -2.26. The van der Waals surface area contributed by atoms with Gasteiger partial charge in [-0.2, -0.15) is 0 Å². The molecule has 2 aromatic rings. The van der Waals surface area contributed by atoms with E-state index in [1.165, 1.54) is 12.8 Å². The summed E-state index contributed by atoms with van der Waals surface area (Å²) in [6.45, 7) is 7.45. The van der Waals surface area contributed by atoms with Gasteiger partial charge in [-0.3, -0.25) is 4.90 Å². The summed E-state index contributed by atoms with van der Waals surface area (Å²) in [7, 11) is 0. The smallest absolute Gasteiger partial charge is 0.336 e. The number of hydrogen-bond acceptors (Lipinski definition) is 5. The SMILES string of the molecule is CCCCN(CCCC)Cc1cc(=O)oc2cc3c(cc12)OCO3. The van der Waals surface area contributed by atoms with Crippen molar-refractivity contribution < 1.29 is 13.9 Å². The van der Waals surface area contributed by atoms with E-state index in [2.05, 4.69) is 18.7 Å². The van der Waals surface area contributed by atoms with Crippen LogP contribution in [-0.4, -0.2) is 24.8 Å². The summed E-state index contributed by atoms with van der Waals surface area (Å²) >= 11 is 0. The fourth-order valence-corrected chi connectivity index (χ4v) is 3.02. The number of hydrogen-bond donors (Lipinski definition) is 0. The zero-order valence-corrected chi connectivity index (χ0v) is 14.5. The topological polar surface area (TPSA) is 51.9 Å². The van der Waals surface area contributed by atoms with Crippen LogP contribution in [0.25, 0.3) is 11.0 Å². The van der Waals surface area contributed by atoms with Crippen LogP contribution in [0, 0.1) is 0 Å². The average molecular weight is 331 g/mol. The Balaban J connectivity index is 1.93. The Morgan fingerprint density at radius 2 is 1.67 bits per heavy atom. The molecule has 0 bridgehead atoms. The Hall–Kier alpha value is -2.01. The zero-order chi connectivity index (χ0) is 16.9. The summed E-state index contributed by atoms with van der Waals surface area (Å²) < 4.78 is 16.2. The maximum absolute atomic E-state index is 12.0. The largest absolute Gasteiger partial charge is 0.454 e. The van der Waals surface area contributed by atoms with E-state index in [1.807, 2.05) is 6.07 Å². The minimum Gasteiger partial charge on any atom is -0.454 e. The maximum Gasteiger partial charge on any atom is 0.336 e. The van der Waals surface area contributed by atoms with Gasteiger partial charge in [-0.05, 0) is 37.6 Å². The molecule has 0 saturated carbocycles. The predicted octanol–water partition coefficient (Wildman–Crippen LogP) is 3.92. The number of fused-ring (bicyclic) bond motifs is 2. The number of rotatable bonds is 8. The summed E-state index contributed by atoms with van der Waals surface area (Å²) in [6, 6.07) is 5.29. The molecule has 0 fully saturated rings. The van der Waals surface area contributed by atoms with Crippen LogP contribution in [0.4, 0.5) is 0 Å². The van der Waals surface area contributed by atoms with Crippen molar-refractivity contribution in [2.75, 3.05) is 19.9 Å². The lowest BCUT2D eigenvalue weighted by Gasteiger charge is -2.22. The molecule has 0 atom stereocenters. The normalized spacial score (nSPS) is 13.1. The molecule has 1 aromatic heterocycles. The monoisotopic (exact) mass is 331 g/mol. The van der Waals surface area contributed by atoms with E-state index in [4.69, 9.17) is 13.9 Å². The van der Waals surface area contributed by atoms with Gasteiger partial charge in [0.2, 0.25) is 6.79 Å². The fraction of sp³-hybridized carbons (Fsp3) is 0.526. The lowest BCUT2D eigenvalue weighted by molar-refractivity contribution is 0.174. The highest BCUT2D eigenvalue weighted by Crippen LogP contribution is 2.36. The quantitative estimate of drug-likeness (QED) is 0.686. The number of unbranched alkanes of at least 4 members (excludes halogenated alkanes) is 2. The zero-order valence-electron chi connectivity index (χ0n) is 14.5. The van der Waals surface area contributed by atoms with Gasteiger partial charge in [0, 0.05) is 24.1 Å². The van der Waals surface area contributed by atoms with E-state index < -0.39 is 0 Å². The number of ether oxygens (including phenoxy) is 2. The first-order chi connectivity index (χ1) is 11.7. The van der Waals surface area contributed by atoms with E-state index in [0.29, 0.717) is 17.1 Å². The van der Waals surface area contributed by atoms with Gasteiger partial charge in [0.05, 0.1) is 0 Å². The molecule has 24 heavy (non-hydrogen) atoms. The van der Waals surface area contributed by atoms with Crippen LogP contribution in [0.5, 0.6) is 11.5 Å². The van der Waals surface area contributed by atoms with Gasteiger partial charge in [-0.25, -0.2) is 4.79 Å². The Labute approximate surface area is 142 Å². The highest BCUT2D eigenvalue weighted by Gasteiger charge is 2.18. The van der Waals surface area contributed by atoms with Gasteiger partial charge in [0.25, 0.3) is 0 Å². The van der Waals surface area contributed by atoms with E-state index in [0.717, 1.165) is 43.4 Å². The van der Waals surface area contributed by atoms with Crippen LogP contribution >= 0.6 is 0 Å². The van der Waals surface area contributed by atoms with E-state index in [-0.39, 0.29) is 12.4 Å². The van der Waals surface area contributed by atoms with Crippen molar-refractivity contribution in [3.8, 4) is 11.5 Å². The van der Waals surface area contributed by atoms with Crippen LogP contribution in [0.3, 0.4) is 0 Å². The molecule has 5 nitrogen and oxygen atoms in total. The van der Waals surface area contributed by atoms with Gasteiger partial charge in [-0.1, -0.05) is 26.7 Å². The molecular weight excluding hydrogens is 306 g/mol. The van der Waals surface area contributed by atoms with Crippen molar-refractivity contribution in [3.63, 3.8) is 0 Å². The summed E-state index contributed by atoms with van der Waals surface area (Å²) in [5, 5.41) is 0.928. The van der Waals surface area contributed by atoms with Gasteiger partial charge >= 0.3 is 5.63 Å². The highest BCUT2D eigenvalue weighted by atomic mass is 16.7. The van der Waals surface area contributed by atoms with Gasteiger partial charge in [-0.15, -0.1) is 0 Å². The van der Waals surface area contributed by atoms with Gasteiger partial charge < -0.3 is 13.9 Å². The molecule has 0 amide bonds. The molecule has 0 aliphatic carbocycles. The molecule has 0 radical (unpaired) electrons. The summed E-state index contributed by atoms with van der Waals surface area (Å²) in [6.07, 6.45) is 4.66. The van der Waals surface area contributed by atoms with Crippen LogP contribution in [0.1, 0.15) is 45.1 Å². The van der Waals surface area contributed by atoms with Crippen molar-refractivity contribution in [1.29, 1.82) is 0 Å². The third-order valence-corrected chi connectivity index (χ3v) is 4.37. The van der Waals surface area contributed by atoms with Crippen molar-refractivity contribution >= 4 is 11.0 Å². The average Bonchev–Trinajstić information content (AvgIpc) is 3.02. The Morgan fingerprint density at radius 3 is 2.33 bits per heavy atom. The molecule has 0 spiro atoms. The Kier molecular flexibility index (Phi) is 5.41. The Bertz CT molecular complexity index is 745. The van der Waals surface area contributed by atoms with E-state index in [1.54, 1.807) is 12.1 Å². The van der Waals surface area contributed by atoms with Gasteiger partial charge in [0.1, 0.15) is 5.58 Å². The summed E-state index contributed by atoms with van der Waals surface area (Å²) in [4.78, 5) is 14.4. The van der Waals surface area contributed by atoms with Gasteiger partial charge in [0.15, 0.2) is 11.5 Å². The molecule has 130 valence electrons. The second-order valence-corrected chi connectivity index (χ2v) is 6.28. The molecule has 1 aliphatic rings. The minimum atomic E-state index is -0.317. The third kappa shape index (κ3) is 3.73. The van der Waals surface area contributed by atoms with Crippen molar-refractivity contribution in [2.24, 2.45) is 0 Å². The van der Waals surface area contributed by atoms with Crippen molar-refractivity contribution in [2.45, 2.75) is 46.1 Å². The summed E-state index contributed by atoms with van der Waals surface area (Å²) in [5.74, 6) is 1.35. The molecular formula is C19H25NO4. The number of nitrogens with zero attached hydrogens (tertiary/aromatic N) is 1. The standard InChI is InChI=1S/C19H25NO4/c1-3-5-7-20(8-6-4-2)12-14-9-19(21)24-16-11-18-17(10-15(14)16)22-13-23-18/h9-11H,3-8,12-13H2,1-2H3. The van der Waals surface area contributed by atoms with Crippen LogP contribution in [0.2, 0.25) is 0 Å². The Morgan fingerprint density at radius 1 is 1.00 bits per heavy atom. The first-order valence-corrected chi connectivity index (χ1v) is 8.80. The molecule has 3 rings (SSSR count). The molecule has 2 heterocycles. The highest BCUT2D eigenvalue weighted by molar-refractivity contribution is 5.84. The minimum absolute atomic E-state index is 0.213. The molecule has 0 unspecified atom stereocenters. The molecule has 0 saturated heterocycles.